The topological polar surface area (TPSA) is 74.4 Å². The molecule has 3 heterocycles. The first-order chi connectivity index (χ1) is 12.8. The molecule has 5 aromatic rings. The molecule has 0 atom stereocenters. The molecule has 0 amide bonds. The summed E-state index contributed by atoms with van der Waals surface area (Å²) in [5.41, 5.74) is 4.42. The average molecular weight is 338 g/mol. The number of fused-ring (bicyclic) bond motifs is 2. The van der Waals surface area contributed by atoms with Gasteiger partial charge in [-0.05, 0) is 18.2 Å². The number of hydrogen-bond acceptors (Lipinski definition) is 3. The molecule has 0 unspecified atom stereocenters. The molecule has 0 saturated heterocycles. The van der Waals surface area contributed by atoms with Gasteiger partial charge in [-0.2, -0.15) is 0 Å². The van der Waals surface area contributed by atoms with Crippen LogP contribution in [0, 0.1) is 0 Å². The fourth-order valence-corrected chi connectivity index (χ4v) is 3.21. The number of para-hydroxylation sites is 2. The fourth-order valence-electron chi connectivity index (χ4n) is 3.21. The van der Waals surface area contributed by atoms with Crippen molar-refractivity contribution in [2.45, 2.75) is 0 Å². The predicted molar refractivity (Wildman–Crippen MR) is 103 cm³/mol. The van der Waals surface area contributed by atoms with Gasteiger partial charge in [0.25, 0.3) is 5.56 Å². The van der Waals surface area contributed by atoms with Crippen LogP contribution in [0.4, 0.5) is 0 Å². The smallest absolute Gasteiger partial charge is 0.274 e. The molecule has 0 aliphatic heterocycles. The van der Waals surface area contributed by atoms with Crippen LogP contribution in [0.1, 0.15) is 0 Å². The van der Waals surface area contributed by atoms with Gasteiger partial charge in [-0.15, -0.1) is 0 Å². The number of benzene rings is 2. The largest absolute Gasteiger partial charge is 0.360 e. The summed E-state index contributed by atoms with van der Waals surface area (Å²) in [4.78, 5) is 27.5. The Morgan fingerprint density at radius 2 is 1.73 bits per heavy atom. The quantitative estimate of drug-likeness (QED) is 0.508. The monoisotopic (exact) mass is 338 g/mol. The first-order valence-electron chi connectivity index (χ1n) is 8.31. The third kappa shape index (κ3) is 2.29. The molecule has 0 aliphatic rings. The van der Waals surface area contributed by atoms with Gasteiger partial charge in [-0.25, -0.2) is 4.98 Å². The summed E-state index contributed by atoms with van der Waals surface area (Å²) < 4.78 is 0. The zero-order valence-electron chi connectivity index (χ0n) is 13.7. The molecule has 124 valence electrons. The van der Waals surface area contributed by atoms with Gasteiger partial charge < -0.3 is 9.97 Å². The standard InChI is InChI=1S/C21H14N4O/c26-21-20(16-11-23-18-8-4-2-6-15(16)18)25-19(12-24-21)14-9-13-5-1-3-7-17(13)22-10-14/h1-12,23H,(H,24,26). The molecule has 2 N–H and O–H groups in total. The van der Waals surface area contributed by atoms with E-state index in [4.69, 9.17) is 0 Å². The zero-order valence-corrected chi connectivity index (χ0v) is 13.7. The van der Waals surface area contributed by atoms with E-state index in [1.807, 2.05) is 60.8 Å². The van der Waals surface area contributed by atoms with Crippen LogP contribution < -0.4 is 5.56 Å². The van der Waals surface area contributed by atoms with E-state index in [9.17, 15) is 4.79 Å². The Morgan fingerprint density at radius 3 is 2.69 bits per heavy atom. The normalized spacial score (nSPS) is 11.2. The molecule has 0 spiro atoms. The average Bonchev–Trinajstić information content (AvgIpc) is 3.12. The Hall–Kier alpha value is -3.73. The number of aromatic amines is 2. The van der Waals surface area contributed by atoms with E-state index in [1.165, 1.54) is 0 Å². The molecule has 0 saturated carbocycles. The van der Waals surface area contributed by atoms with Gasteiger partial charge in [0.1, 0.15) is 5.69 Å². The summed E-state index contributed by atoms with van der Waals surface area (Å²) in [6.45, 7) is 0. The Balaban J connectivity index is 1.70. The van der Waals surface area contributed by atoms with Crippen LogP contribution in [-0.2, 0) is 0 Å². The molecular weight excluding hydrogens is 324 g/mol. The van der Waals surface area contributed by atoms with E-state index >= 15 is 0 Å². The number of nitrogens with one attached hydrogen (secondary N) is 2. The van der Waals surface area contributed by atoms with E-state index in [1.54, 1.807) is 12.4 Å². The second-order valence-corrected chi connectivity index (χ2v) is 6.13. The van der Waals surface area contributed by atoms with Crippen LogP contribution in [0.3, 0.4) is 0 Å². The lowest BCUT2D eigenvalue weighted by atomic mass is 10.1. The second-order valence-electron chi connectivity index (χ2n) is 6.13. The van der Waals surface area contributed by atoms with Crippen LogP contribution in [0.15, 0.2) is 78.0 Å². The summed E-state index contributed by atoms with van der Waals surface area (Å²) >= 11 is 0. The molecule has 0 aliphatic carbocycles. The Morgan fingerprint density at radius 1 is 0.885 bits per heavy atom. The first kappa shape index (κ1) is 14.6. The van der Waals surface area contributed by atoms with Gasteiger partial charge in [0.2, 0.25) is 0 Å². The van der Waals surface area contributed by atoms with Crippen molar-refractivity contribution in [2.24, 2.45) is 0 Å². The Labute approximate surface area is 148 Å². The van der Waals surface area contributed by atoms with Crippen molar-refractivity contribution in [2.75, 3.05) is 0 Å². The number of aromatic nitrogens is 4. The van der Waals surface area contributed by atoms with Crippen molar-refractivity contribution in [3.05, 3.63) is 83.5 Å². The molecule has 0 fully saturated rings. The summed E-state index contributed by atoms with van der Waals surface area (Å²) in [7, 11) is 0. The van der Waals surface area contributed by atoms with Crippen LogP contribution in [0.2, 0.25) is 0 Å². The summed E-state index contributed by atoms with van der Waals surface area (Å²) in [6, 6.07) is 17.8. The van der Waals surface area contributed by atoms with Crippen LogP contribution in [0.5, 0.6) is 0 Å². The number of nitrogens with zero attached hydrogens (tertiary/aromatic N) is 2. The molecule has 0 radical (unpaired) electrons. The molecule has 2 aromatic carbocycles. The SMILES string of the molecule is O=c1[nH]cc(-c2cnc3ccccc3c2)nc1-c1c[nH]c2ccccc12. The summed E-state index contributed by atoms with van der Waals surface area (Å²) in [6.07, 6.45) is 5.24. The van der Waals surface area contributed by atoms with Gasteiger partial charge in [0.15, 0.2) is 0 Å². The van der Waals surface area contributed by atoms with Crippen LogP contribution >= 0.6 is 0 Å². The molecule has 5 rings (SSSR count). The van der Waals surface area contributed by atoms with Crippen LogP contribution in [-0.4, -0.2) is 19.9 Å². The molecular formula is C21H14N4O. The zero-order chi connectivity index (χ0) is 17.5. The minimum Gasteiger partial charge on any atom is -0.360 e. The number of rotatable bonds is 2. The van der Waals surface area contributed by atoms with E-state index in [0.717, 1.165) is 32.9 Å². The molecule has 3 aromatic heterocycles. The molecule has 5 heteroatoms. The minimum absolute atomic E-state index is 0.216. The highest BCUT2D eigenvalue weighted by molar-refractivity contribution is 5.94. The number of H-pyrrole nitrogens is 2. The third-order valence-corrected chi connectivity index (χ3v) is 4.52. The van der Waals surface area contributed by atoms with Crippen molar-refractivity contribution >= 4 is 21.8 Å². The van der Waals surface area contributed by atoms with Gasteiger partial charge in [-0.3, -0.25) is 9.78 Å². The lowest BCUT2D eigenvalue weighted by molar-refractivity contribution is 1.15. The third-order valence-electron chi connectivity index (χ3n) is 4.52. The van der Waals surface area contributed by atoms with Gasteiger partial charge in [-0.1, -0.05) is 36.4 Å². The Kier molecular flexibility index (Phi) is 3.18. The van der Waals surface area contributed by atoms with Gasteiger partial charge in [0.05, 0.1) is 11.2 Å². The molecule has 5 nitrogen and oxygen atoms in total. The highest BCUT2D eigenvalue weighted by atomic mass is 16.1. The predicted octanol–water partition coefficient (Wildman–Crippen LogP) is 4.13. The minimum atomic E-state index is -0.216. The highest BCUT2D eigenvalue weighted by Gasteiger charge is 2.13. The lowest BCUT2D eigenvalue weighted by Gasteiger charge is -2.05. The van der Waals surface area contributed by atoms with Crippen molar-refractivity contribution in [1.29, 1.82) is 0 Å². The Bertz CT molecular complexity index is 1320. The van der Waals surface area contributed by atoms with Crippen molar-refractivity contribution in [3.8, 4) is 22.5 Å². The van der Waals surface area contributed by atoms with E-state index in [-0.39, 0.29) is 5.56 Å². The molecule has 0 bridgehead atoms. The fraction of sp³-hybridized carbons (Fsp3) is 0. The van der Waals surface area contributed by atoms with E-state index in [0.29, 0.717) is 11.4 Å². The maximum absolute atomic E-state index is 12.4. The highest BCUT2D eigenvalue weighted by Crippen LogP contribution is 2.27. The lowest BCUT2D eigenvalue weighted by Crippen LogP contribution is -2.11. The van der Waals surface area contributed by atoms with Crippen molar-refractivity contribution < 1.29 is 0 Å². The van der Waals surface area contributed by atoms with Crippen molar-refractivity contribution in [3.63, 3.8) is 0 Å². The van der Waals surface area contributed by atoms with E-state index in [2.05, 4.69) is 19.9 Å². The second kappa shape index (κ2) is 5.67. The maximum atomic E-state index is 12.4. The van der Waals surface area contributed by atoms with Crippen molar-refractivity contribution in [1.82, 2.24) is 19.9 Å². The summed E-state index contributed by atoms with van der Waals surface area (Å²) in [5.74, 6) is 0. The van der Waals surface area contributed by atoms with E-state index < -0.39 is 0 Å². The van der Waals surface area contributed by atoms with Gasteiger partial charge >= 0.3 is 0 Å². The summed E-state index contributed by atoms with van der Waals surface area (Å²) in [5, 5.41) is 2.01. The first-order valence-corrected chi connectivity index (χ1v) is 8.31. The molecule has 26 heavy (non-hydrogen) atoms. The maximum Gasteiger partial charge on any atom is 0.274 e. The number of pyridine rings is 1. The van der Waals surface area contributed by atoms with Crippen LogP contribution in [0.25, 0.3) is 44.3 Å². The number of hydrogen-bond donors (Lipinski definition) is 2. The van der Waals surface area contributed by atoms with Gasteiger partial charge in [0, 0.05) is 46.0 Å².